The van der Waals surface area contributed by atoms with Gasteiger partial charge in [-0.05, 0) is 25.7 Å². The molecule has 3 rings (SSSR count). The standard InChI is InChI=1S/C17H25N3O2S2/c1-4-12-7-5-6-8-20(12)14(21)10-23-17-18-13-9-11(2)24-15(13)16(22)19(17)3/h11-12H,4-10H2,1-3H3/t11-,12-/m0/s1. The predicted octanol–water partition coefficient (Wildman–Crippen LogP) is 2.70. The smallest absolute Gasteiger partial charge is 0.267 e. The third-order valence-corrected chi connectivity index (χ3v) is 7.05. The highest BCUT2D eigenvalue weighted by atomic mass is 32.2. The van der Waals surface area contributed by atoms with E-state index >= 15 is 0 Å². The van der Waals surface area contributed by atoms with Gasteiger partial charge in [-0.1, -0.05) is 25.6 Å². The number of hydrogen-bond donors (Lipinski definition) is 0. The van der Waals surface area contributed by atoms with Gasteiger partial charge in [0, 0.05) is 31.3 Å². The average Bonchev–Trinajstić information content (AvgIpc) is 2.97. The molecule has 2 aliphatic rings. The van der Waals surface area contributed by atoms with Crippen LogP contribution in [0.3, 0.4) is 0 Å². The van der Waals surface area contributed by atoms with Gasteiger partial charge >= 0.3 is 0 Å². The Morgan fingerprint density at radius 1 is 1.42 bits per heavy atom. The number of nitrogens with zero attached hydrogens (tertiary/aromatic N) is 3. The van der Waals surface area contributed by atoms with Crippen LogP contribution < -0.4 is 5.56 Å². The molecule has 1 saturated heterocycles. The molecule has 1 aromatic rings. The lowest BCUT2D eigenvalue weighted by atomic mass is 10.0. The van der Waals surface area contributed by atoms with Crippen LogP contribution in [0.4, 0.5) is 0 Å². The topological polar surface area (TPSA) is 55.2 Å². The molecule has 3 heterocycles. The summed E-state index contributed by atoms with van der Waals surface area (Å²) >= 11 is 3.00. The lowest BCUT2D eigenvalue weighted by molar-refractivity contribution is -0.132. The number of amides is 1. The Morgan fingerprint density at radius 2 is 2.21 bits per heavy atom. The van der Waals surface area contributed by atoms with Crippen LogP contribution in [0.15, 0.2) is 14.8 Å². The van der Waals surface area contributed by atoms with Crippen molar-refractivity contribution >= 4 is 29.4 Å². The quantitative estimate of drug-likeness (QED) is 0.605. The van der Waals surface area contributed by atoms with Gasteiger partial charge in [0.2, 0.25) is 5.91 Å². The SMILES string of the molecule is CC[C@H]1CCCCN1C(=O)CSc1nc2c(c(=O)n1C)S[C@@H](C)C2. The summed E-state index contributed by atoms with van der Waals surface area (Å²) in [4.78, 5) is 32.5. The first-order chi connectivity index (χ1) is 11.5. The summed E-state index contributed by atoms with van der Waals surface area (Å²) in [5.74, 6) is 0.530. The van der Waals surface area contributed by atoms with E-state index in [4.69, 9.17) is 0 Å². The summed E-state index contributed by atoms with van der Waals surface area (Å²) in [6.07, 6.45) is 5.27. The maximum atomic E-state index is 12.6. The molecule has 5 nitrogen and oxygen atoms in total. The first-order valence-electron chi connectivity index (χ1n) is 8.70. The summed E-state index contributed by atoms with van der Waals surface area (Å²) in [5.41, 5.74) is 0.920. The molecule has 0 saturated carbocycles. The number of piperidine rings is 1. The second-order valence-electron chi connectivity index (χ2n) is 6.60. The highest BCUT2D eigenvalue weighted by Gasteiger charge is 2.27. The van der Waals surface area contributed by atoms with E-state index in [1.54, 1.807) is 23.4 Å². The molecule has 132 valence electrons. The first kappa shape index (κ1) is 17.9. The number of rotatable bonds is 4. The Bertz CT molecular complexity index is 689. The van der Waals surface area contributed by atoms with Crippen molar-refractivity contribution in [1.82, 2.24) is 14.5 Å². The molecule has 2 aliphatic heterocycles. The van der Waals surface area contributed by atoms with Gasteiger partial charge in [0.15, 0.2) is 5.16 Å². The number of carbonyl (C=O) groups is 1. The van der Waals surface area contributed by atoms with Gasteiger partial charge in [-0.25, -0.2) is 4.98 Å². The van der Waals surface area contributed by atoms with Gasteiger partial charge in [0.25, 0.3) is 5.56 Å². The van der Waals surface area contributed by atoms with Crippen LogP contribution in [0.2, 0.25) is 0 Å². The molecule has 0 unspecified atom stereocenters. The molecule has 0 radical (unpaired) electrons. The minimum Gasteiger partial charge on any atom is -0.339 e. The van der Waals surface area contributed by atoms with E-state index in [1.165, 1.54) is 18.2 Å². The fourth-order valence-electron chi connectivity index (χ4n) is 3.47. The molecule has 1 fully saturated rings. The van der Waals surface area contributed by atoms with E-state index in [9.17, 15) is 9.59 Å². The fourth-order valence-corrected chi connectivity index (χ4v) is 5.48. The molecule has 0 N–H and O–H groups in total. The first-order valence-corrected chi connectivity index (χ1v) is 10.6. The number of hydrogen-bond acceptors (Lipinski definition) is 5. The van der Waals surface area contributed by atoms with Gasteiger partial charge in [-0.15, -0.1) is 11.8 Å². The highest BCUT2D eigenvalue weighted by molar-refractivity contribution is 8.00. The van der Waals surface area contributed by atoms with Crippen LogP contribution >= 0.6 is 23.5 Å². The van der Waals surface area contributed by atoms with Crippen molar-refractivity contribution in [3.05, 3.63) is 16.0 Å². The third kappa shape index (κ3) is 3.52. The van der Waals surface area contributed by atoms with E-state index in [-0.39, 0.29) is 11.5 Å². The monoisotopic (exact) mass is 367 g/mol. The fraction of sp³-hybridized carbons (Fsp3) is 0.706. The summed E-state index contributed by atoms with van der Waals surface area (Å²) in [6.45, 7) is 5.12. The van der Waals surface area contributed by atoms with Crippen molar-refractivity contribution in [1.29, 1.82) is 0 Å². The lowest BCUT2D eigenvalue weighted by Gasteiger charge is -2.35. The third-order valence-electron chi connectivity index (χ3n) is 4.82. The second-order valence-corrected chi connectivity index (χ2v) is 8.99. The van der Waals surface area contributed by atoms with Crippen molar-refractivity contribution in [2.75, 3.05) is 12.3 Å². The minimum absolute atomic E-state index is 0.0220. The Morgan fingerprint density at radius 3 is 2.96 bits per heavy atom. The molecule has 1 amide bonds. The molecule has 7 heteroatoms. The highest BCUT2D eigenvalue weighted by Crippen LogP contribution is 2.34. The number of fused-ring (bicyclic) bond motifs is 1. The predicted molar refractivity (Wildman–Crippen MR) is 98.9 cm³/mol. The van der Waals surface area contributed by atoms with Crippen LogP contribution in [-0.2, 0) is 18.3 Å². The maximum absolute atomic E-state index is 12.6. The molecule has 0 aliphatic carbocycles. The van der Waals surface area contributed by atoms with Crippen LogP contribution in [0.1, 0.15) is 45.2 Å². The summed E-state index contributed by atoms with van der Waals surface area (Å²) < 4.78 is 1.59. The van der Waals surface area contributed by atoms with Crippen molar-refractivity contribution < 1.29 is 4.79 Å². The zero-order valence-corrected chi connectivity index (χ0v) is 16.2. The molecule has 24 heavy (non-hydrogen) atoms. The number of carbonyl (C=O) groups excluding carboxylic acids is 1. The maximum Gasteiger partial charge on any atom is 0.267 e. The van der Waals surface area contributed by atoms with Crippen LogP contribution in [0.25, 0.3) is 0 Å². The molecule has 0 aromatic carbocycles. The van der Waals surface area contributed by atoms with Crippen LogP contribution in [0.5, 0.6) is 0 Å². The summed E-state index contributed by atoms with van der Waals surface area (Å²) in [7, 11) is 1.75. The van der Waals surface area contributed by atoms with Crippen molar-refractivity contribution in [3.8, 4) is 0 Å². The van der Waals surface area contributed by atoms with E-state index < -0.39 is 0 Å². The normalized spacial score (nSPS) is 23.4. The van der Waals surface area contributed by atoms with Crippen LogP contribution in [-0.4, -0.2) is 43.9 Å². The van der Waals surface area contributed by atoms with E-state index in [1.807, 2.05) is 4.90 Å². The van der Waals surface area contributed by atoms with E-state index in [2.05, 4.69) is 18.8 Å². The minimum atomic E-state index is 0.0220. The van der Waals surface area contributed by atoms with Crippen molar-refractivity contribution in [2.24, 2.45) is 7.05 Å². The Kier molecular flexibility index (Phi) is 5.59. The molecular formula is C17H25N3O2S2. The average molecular weight is 368 g/mol. The Balaban J connectivity index is 1.71. The van der Waals surface area contributed by atoms with E-state index in [0.29, 0.717) is 22.2 Å². The number of thioether (sulfide) groups is 2. The van der Waals surface area contributed by atoms with Crippen LogP contribution in [0, 0.1) is 0 Å². The summed E-state index contributed by atoms with van der Waals surface area (Å²) in [6, 6.07) is 0.376. The zero-order chi connectivity index (χ0) is 17.3. The molecule has 1 aromatic heterocycles. The van der Waals surface area contributed by atoms with Gasteiger partial charge in [0.05, 0.1) is 16.3 Å². The van der Waals surface area contributed by atoms with Gasteiger partial charge in [0.1, 0.15) is 0 Å². The van der Waals surface area contributed by atoms with Crippen molar-refractivity contribution in [3.63, 3.8) is 0 Å². The largest absolute Gasteiger partial charge is 0.339 e. The second kappa shape index (κ2) is 7.52. The molecule has 0 spiro atoms. The van der Waals surface area contributed by atoms with Gasteiger partial charge in [-0.3, -0.25) is 14.2 Å². The number of aromatic nitrogens is 2. The lowest BCUT2D eigenvalue weighted by Crippen LogP contribution is -2.44. The Hall–Kier alpha value is -0.950. The zero-order valence-electron chi connectivity index (χ0n) is 14.6. The van der Waals surface area contributed by atoms with E-state index in [0.717, 1.165) is 42.8 Å². The molecule has 0 bridgehead atoms. The van der Waals surface area contributed by atoms with Gasteiger partial charge in [-0.2, -0.15) is 0 Å². The summed E-state index contributed by atoms with van der Waals surface area (Å²) in [5, 5.41) is 1.06. The Labute approximate surface area is 151 Å². The van der Waals surface area contributed by atoms with Gasteiger partial charge < -0.3 is 4.90 Å². The number of likely N-dealkylation sites (tertiary alicyclic amines) is 1. The molecular weight excluding hydrogens is 342 g/mol. The molecule has 2 atom stereocenters. The van der Waals surface area contributed by atoms with Crippen molar-refractivity contribution in [2.45, 2.75) is 67.3 Å².